The van der Waals surface area contributed by atoms with E-state index < -0.39 is 5.41 Å². The third-order valence-electron chi connectivity index (χ3n) is 6.09. The molecule has 3 N–H and O–H groups in total. The summed E-state index contributed by atoms with van der Waals surface area (Å²) in [6, 6.07) is 27.3. The smallest absolute Gasteiger partial charge is 0.237 e. The van der Waals surface area contributed by atoms with Gasteiger partial charge in [-0.1, -0.05) is 91.8 Å². The van der Waals surface area contributed by atoms with Gasteiger partial charge in [0.2, 0.25) is 12.3 Å². The fourth-order valence-corrected chi connectivity index (χ4v) is 3.76. The van der Waals surface area contributed by atoms with Crippen LogP contribution in [0.25, 0.3) is 0 Å². The number of anilines is 1. The molecule has 0 bridgehead atoms. The Labute approximate surface area is 249 Å². The largest absolute Gasteiger partial charge is 0.372 e. The molecule has 0 saturated carbocycles. The molecule has 37 heavy (non-hydrogen) atoms. The van der Waals surface area contributed by atoms with Crippen LogP contribution < -0.4 is 11.1 Å². The van der Waals surface area contributed by atoms with Crippen molar-refractivity contribution in [3.63, 3.8) is 0 Å². The molecule has 5 heteroatoms. The van der Waals surface area contributed by atoms with Crippen LogP contribution in [0.15, 0.2) is 72.8 Å². The zero-order valence-corrected chi connectivity index (χ0v) is 26.8. The zero-order chi connectivity index (χ0) is 27.6. The maximum absolute atomic E-state index is 13.7. The van der Waals surface area contributed by atoms with Crippen molar-refractivity contribution in [1.82, 2.24) is 0 Å². The average Bonchev–Trinajstić information content (AvgIpc) is 2.85. The van der Waals surface area contributed by atoms with Gasteiger partial charge in [-0.2, -0.15) is 30.3 Å². The van der Waals surface area contributed by atoms with E-state index in [4.69, 9.17) is 4.79 Å². The monoisotopic (exact) mass is 576 g/mol. The Morgan fingerprint density at radius 1 is 0.703 bits per heavy atom. The number of hydrogen-bond acceptors (Lipinski definition) is 2. The van der Waals surface area contributed by atoms with E-state index in [1.165, 1.54) is 11.1 Å². The second-order valence-corrected chi connectivity index (χ2v) is 10.7. The molecule has 0 saturated heterocycles. The van der Waals surface area contributed by atoms with Gasteiger partial charge in [0.1, 0.15) is 0 Å². The van der Waals surface area contributed by atoms with Gasteiger partial charge in [-0.15, -0.1) is 5.56 Å². The van der Waals surface area contributed by atoms with Crippen LogP contribution in [0.3, 0.4) is 0 Å². The number of hydrogen-bond donors (Lipinski definition) is 2. The Hall–Kier alpha value is -2.30. The van der Waals surface area contributed by atoms with Crippen LogP contribution in [0.4, 0.5) is 5.69 Å². The van der Waals surface area contributed by atoms with Gasteiger partial charge in [-0.05, 0) is 46.6 Å². The molecule has 1 atom stereocenters. The van der Waals surface area contributed by atoms with Gasteiger partial charge in [0.25, 0.3) is 0 Å². The van der Waals surface area contributed by atoms with Crippen molar-refractivity contribution < 1.29 is 42.3 Å². The van der Waals surface area contributed by atoms with E-state index in [2.05, 4.69) is 95.1 Å². The van der Waals surface area contributed by atoms with E-state index in [1.54, 1.807) is 0 Å². The Balaban J connectivity index is 0.00000201. The Morgan fingerprint density at radius 3 is 1.41 bits per heavy atom. The van der Waals surface area contributed by atoms with Crippen LogP contribution in [-0.2, 0) is 58.5 Å². The Bertz CT molecular complexity index is 1080. The number of nitrogens with one attached hydrogen (secondary N) is 1. The summed E-state index contributed by atoms with van der Waals surface area (Å²) in [6.07, 6.45) is 0.250. The van der Waals surface area contributed by atoms with Gasteiger partial charge < -0.3 is 11.1 Å². The molecule has 1 unspecified atom stereocenters. The van der Waals surface area contributed by atoms with Crippen molar-refractivity contribution in [2.24, 2.45) is 5.73 Å². The molecule has 3 aromatic carbocycles. The number of carbonyl (C=O) groups is 2. The van der Waals surface area contributed by atoms with Crippen LogP contribution in [0.5, 0.6) is 0 Å². The van der Waals surface area contributed by atoms with Gasteiger partial charge in [-0.25, -0.2) is 0 Å². The van der Waals surface area contributed by atoms with Crippen LogP contribution in [0.1, 0.15) is 84.6 Å². The molecule has 197 valence electrons. The van der Waals surface area contributed by atoms with Gasteiger partial charge in [-0.3, -0.25) is 9.59 Å². The van der Waals surface area contributed by atoms with E-state index in [9.17, 15) is 4.79 Å². The second-order valence-electron chi connectivity index (χ2n) is 10.7. The standard InChI is InChI=1S/C29H34NO.C2H6.CH3NO.Y/c1-27(2,3)21-13-15-24(16-14-21)29(7,23-11-9-8-10-12-23)26(31)30-25-19-17-22(18-20-25)28(4,5)6;1-2;2-1-3;/h9-20H,1-7H3,(H,30,31);1-2H3;1H,(H2,2,3);/q-1;;;. The normalized spacial score (nSPS) is 12.2. The average molecular weight is 577 g/mol. The van der Waals surface area contributed by atoms with Gasteiger partial charge in [0.05, 0.1) is 5.41 Å². The van der Waals surface area contributed by atoms with Crippen LogP contribution >= 0.6 is 0 Å². The third-order valence-corrected chi connectivity index (χ3v) is 6.09. The molecule has 3 rings (SSSR count). The number of primary amides is 1. The molecule has 0 aromatic heterocycles. The molecular formula is C32H43N2O2Y-. The van der Waals surface area contributed by atoms with Crippen molar-refractivity contribution in [3.05, 3.63) is 101 Å². The van der Waals surface area contributed by atoms with Crippen molar-refractivity contribution in [3.8, 4) is 0 Å². The van der Waals surface area contributed by atoms with Crippen molar-refractivity contribution >= 4 is 18.0 Å². The molecule has 0 aliphatic carbocycles. The number of benzene rings is 3. The number of rotatable bonds is 4. The van der Waals surface area contributed by atoms with Gasteiger partial charge in [0.15, 0.2) is 0 Å². The fourth-order valence-electron chi connectivity index (χ4n) is 3.76. The van der Waals surface area contributed by atoms with E-state index in [1.807, 2.05) is 57.2 Å². The fraction of sp³-hybridized carbons (Fsp3) is 0.375. The molecule has 1 radical (unpaired) electrons. The Kier molecular flexibility index (Phi) is 14.3. The first-order valence-electron chi connectivity index (χ1n) is 12.5. The topological polar surface area (TPSA) is 72.2 Å². The first-order valence-corrected chi connectivity index (χ1v) is 12.5. The number of carbonyl (C=O) groups excluding carboxylic acids is 2. The predicted octanol–water partition coefficient (Wildman–Crippen LogP) is 7.15. The molecular weight excluding hydrogens is 533 g/mol. The summed E-state index contributed by atoms with van der Waals surface area (Å²) in [6.45, 7) is 19.1. The molecule has 0 fully saturated rings. The van der Waals surface area contributed by atoms with E-state index in [0.717, 1.165) is 16.8 Å². The SMILES string of the molecule is CC.CC(C)(C)c1ccc(NC(=O)C(C)(c2cc[c-]cc2)c2ccc(C(C)(C)C)cc2)cc1.NC=O.[Y]. The van der Waals surface area contributed by atoms with Crippen molar-refractivity contribution in [2.45, 2.75) is 78.6 Å². The molecule has 3 aromatic rings. The number of amides is 2. The van der Waals surface area contributed by atoms with Crippen molar-refractivity contribution in [1.29, 1.82) is 0 Å². The van der Waals surface area contributed by atoms with Crippen LogP contribution in [0.2, 0.25) is 0 Å². The molecule has 0 aliphatic rings. The molecule has 0 spiro atoms. The summed E-state index contributed by atoms with van der Waals surface area (Å²) in [7, 11) is 0. The molecule has 0 aliphatic heterocycles. The van der Waals surface area contributed by atoms with E-state index in [0.29, 0.717) is 0 Å². The quantitative estimate of drug-likeness (QED) is 0.256. The van der Waals surface area contributed by atoms with E-state index in [-0.39, 0.29) is 55.9 Å². The van der Waals surface area contributed by atoms with E-state index >= 15 is 0 Å². The molecule has 2 amide bonds. The summed E-state index contributed by atoms with van der Waals surface area (Å²) in [5.74, 6) is -0.0503. The van der Waals surface area contributed by atoms with Crippen molar-refractivity contribution in [2.75, 3.05) is 5.32 Å². The number of nitrogens with two attached hydrogens (primary N) is 1. The van der Waals surface area contributed by atoms with Gasteiger partial charge >= 0.3 is 0 Å². The Morgan fingerprint density at radius 2 is 1.03 bits per heavy atom. The van der Waals surface area contributed by atoms with Crippen LogP contribution in [0, 0.1) is 6.07 Å². The minimum atomic E-state index is -0.825. The molecule has 4 nitrogen and oxygen atoms in total. The minimum absolute atomic E-state index is 0. The predicted molar refractivity (Wildman–Crippen MR) is 152 cm³/mol. The summed E-state index contributed by atoms with van der Waals surface area (Å²) < 4.78 is 0. The van der Waals surface area contributed by atoms with Gasteiger partial charge in [0, 0.05) is 38.4 Å². The maximum atomic E-state index is 13.7. The third kappa shape index (κ3) is 9.50. The summed E-state index contributed by atoms with van der Waals surface area (Å²) in [5, 5.41) is 3.15. The summed E-state index contributed by atoms with van der Waals surface area (Å²) in [4.78, 5) is 22.3. The van der Waals surface area contributed by atoms with Crippen LogP contribution in [-0.4, -0.2) is 12.3 Å². The molecule has 0 heterocycles. The first-order chi connectivity index (χ1) is 16.8. The summed E-state index contributed by atoms with van der Waals surface area (Å²) >= 11 is 0. The maximum Gasteiger partial charge on any atom is 0.237 e. The first kappa shape index (κ1) is 34.7. The zero-order valence-electron chi connectivity index (χ0n) is 24.0. The second kappa shape index (κ2) is 15.2. The minimum Gasteiger partial charge on any atom is -0.372 e. The summed E-state index contributed by atoms with van der Waals surface area (Å²) in [5.41, 5.74) is 8.68.